The lowest BCUT2D eigenvalue weighted by atomic mass is 9.88. The van der Waals surface area contributed by atoms with Crippen molar-refractivity contribution in [1.29, 1.82) is 0 Å². The third kappa shape index (κ3) is 4.99. The van der Waals surface area contributed by atoms with Crippen LogP contribution in [0.1, 0.15) is 37.7 Å². The average molecular weight is 456 g/mol. The van der Waals surface area contributed by atoms with E-state index in [-0.39, 0.29) is 23.5 Å². The molecule has 0 aliphatic heterocycles. The van der Waals surface area contributed by atoms with Crippen molar-refractivity contribution in [2.75, 3.05) is 12.4 Å². The number of sulfone groups is 1. The summed E-state index contributed by atoms with van der Waals surface area (Å²) in [4.78, 5) is 12.5. The summed E-state index contributed by atoms with van der Waals surface area (Å²) < 4.78 is 36.2. The number of hydrogen-bond acceptors (Lipinski definition) is 7. The van der Waals surface area contributed by atoms with E-state index in [9.17, 15) is 13.2 Å². The Labute approximate surface area is 186 Å². The quantitative estimate of drug-likeness (QED) is 0.567. The molecule has 1 aliphatic carbocycles. The molecule has 4 rings (SSSR count). The zero-order valence-electron chi connectivity index (χ0n) is 17.8. The second kappa shape index (κ2) is 9.52. The zero-order valence-corrected chi connectivity index (χ0v) is 18.6. The molecule has 1 heterocycles. The first kappa shape index (κ1) is 22.0. The van der Waals surface area contributed by atoms with Gasteiger partial charge in [-0.25, -0.2) is 8.42 Å². The lowest BCUT2D eigenvalue weighted by Crippen LogP contribution is -2.24. The fourth-order valence-corrected chi connectivity index (χ4v) is 4.98. The van der Waals surface area contributed by atoms with Crippen LogP contribution < -0.4 is 10.1 Å². The van der Waals surface area contributed by atoms with Crippen LogP contribution >= 0.6 is 0 Å². The molecule has 0 radical (unpaired) electrons. The number of rotatable bonds is 7. The first-order valence-corrected chi connectivity index (χ1v) is 12.2. The number of benzene rings is 2. The topological polar surface area (TPSA) is 111 Å². The van der Waals surface area contributed by atoms with Gasteiger partial charge in [0.25, 0.3) is 5.89 Å². The van der Waals surface area contributed by atoms with Gasteiger partial charge in [-0.3, -0.25) is 4.79 Å². The Kier molecular flexibility index (Phi) is 6.55. The van der Waals surface area contributed by atoms with Crippen molar-refractivity contribution < 1.29 is 22.4 Å². The number of aromatic nitrogens is 2. The molecular formula is C23H25N3O5S. The molecule has 9 heteroatoms. The number of methoxy groups -OCH3 is 1. The first-order valence-electron chi connectivity index (χ1n) is 10.6. The van der Waals surface area contributed by atoms with E-state index in [4.69, 9.17) is 9.15 Å². The predicted molar refractivity (Wildman–Crippen MR) is 119 cm³/mol. The Hall–Kier alpha value is -3.20. The minimum atomic E-state index is -3.79. The van der Waals surface area contributed by atoms with Crippen LogP contribution in [-0.4, -0.2) is 31.6 Å². The summed E-state index contributed by atoms with van der Waals surface area (Å²) in [5.74, 6) is 0.216. The van der Waals surface area contributed by atoms with Gasteiger partial charge in [-0.05, 0) is 30.5 Å². The summed E-state index contributed by atoms with van der Waals surface area (Å²) in [6, 6.07) is 13.8. The van der Waals surface area contributed by atoms with Gasteiger partial charge < -0.3 is 14.5 Å². The van der Waals surface area contributed by atoms with Crippen LogP contribution in [0.15, 0.2) is 58.2 Å². The summed E-state index contributed by atoms with van der Waals surface area (Å²) >= 11 is 0. The number of amides is 1. The van der Waals surface area contributed by atoms with Gasteiger partial charge >= 0.3 is 5.22 Å². The van der Waals surface area contributed by atoms with E-state index in [0.29, 0.717) is 22.6 Å². The average Bonchev–Trinajstić information content (AvgIpc) is 3.31. The van der Waals surface area contributed by atoms with Crippen molar-refractivity contribution >= 4 is 21.4 Å². The Morgan fingerprint density at radius 2 is 1.84 bits per heavy atom. The Balaban J connectivity index is 1.52. The molecule has 1 aromatic heterocycles. The highest BCUT2D eigenvalue weighted by atomic mass is 32.2. The molecule has 0 saturated heterocycles. The number of carbonyl (C=O) groups excluding carboxylic acids is 1. The maximum absolute atomic E-state index is 12.7. The Morgan fingerprint density at radius 1 is 1.09 bits per heavy atom. The SMILES string of the molecule is COc1cc(NC(=O)C2CCCCC2)ccc1-c1nnc(S(=O)(=O)Cc2ccccc2)o1. The minimum absolute atomic E-state index is 0.00610. The third-order valence-electron chi connectivity index (χ3n) is 5.55. The fraction of sp³-hybridized carbons (Fsp3) is 0.348. The second-order valence-electron chi connectivity index (χ2n) is 7.86. The number of anilines is 1. The van der Waals surface area contributed by atoms with Crippen LogP contribution in [0.3, 0.4) is 0 Å². The van der Waals surface area contributed by atoms with Crippen molar-refractivity contribution in [1.82, 2.24) is 10.2 Å². The summed E-state index contributed by atoms with van der Waals surface area (Å²) in [5.41, 5.74) is 1.66. The van der Waals surface area contributed by atoms with Gasteiger partial charge in [-0.15, -0.1) is 5.10 Å². The summed E-state index contributed by atoms with van der Waals surface area (Å²) in [6.45, 7) is 0. The highest BCUT2D eigenvalue weighted by Crippen LogP contribution is 2.33. The molecule has 2 aromatic carbocycles. The summed E-state index contributed by atoms with van der Waals surface area (Å²) in [6.07, 6.45) is 5.14. The zero-order chi connectivity index (χ0) is 22.6. The molecular weight excluding hydrogens is 430 g/mol. The van der Waals surface area contributed by atoms with Gasteiger partial charge in [0, 0.05) is 17.7 Å². The van der Waals surface area contributed by atoms with E-state index in [1.807, 2.05) is 6.07 Å². The Bertz CT molecular complexity index is 1190. The van der Waals surface area contributed by atoms with Crippen molar-refractivity contribution in [3.8, 4) is 17.2 Å². The predicted octanol–water partition coefficient (Wildman–Crippen LogP) is 4.24. The second-order valence-corrected chi connectivity index (χ2v) is 9.72. The van der Waals surface area contributed by atoms with E-state index >= 15 is 0 Å². The van der Waals surface area contributed by atoms with Crippen LogP contribution in [0.2, 0.25) is 0 Å². The molecule has 0 spiro atoms. The van der Waals surface area contributed by atoms with E-state index in [2.05, 4.69) is 15.5 Å². The van der Waals surface area contributed by atoms with Gasteiger partial charge in [-0.1, -0.05) is 54.7 Å². The van der Waals surface area contributed by atoms with Gasteiger partial charge in [0.1, 0.15) is 5.75 Å². The third-order valence-corrected chi connectivity index (χ3v) is 6.96. The van der Waals surface area contributed by atoms with Crippen molar-refractivity contribution in [2.24, 2.45) is 5.92 Å². The normalized spacial score (nSPS) is 14.8. The van der Waals surface area contributed by atoms with Gasteiger partial charge in [0.2, 0.25) is 15.7 Å². The van der Waals surface area contributed by atoms with Crippen molar-refractivity contribution in [2.45, 2.75) is 43.1 Å². The van der Waals surface area contributed by atoms with Gasteiger partial charge in [-0.2, -0.15) is 0 Å². The molecule has 3 aromatic rings. The monoisotopic (exact) mass is 455 g/mol. The molecule has 1 amide bonds. The molecule has 8 nitrogen and oxygen atoms in total. The summed E-state index contributed by atoms with van der Waals surface area (Å²) in [5, 5.41) is 10.1. The number of ether oxygens (including phenoxy) is 1. The largest absolute Gasteiger partial charge is 0.496 e. The molecule has 0 bridgehead atoms. The van der Waals surface area contributed by atoms with E-state index < -0.39 is 15.1 Å². The highest BCUT2D eigenvalue weighted by Gasteiger charge is 2.25. The molecule has 32 heavy (non-hydrogen) atoms. The molecule has 0 unspecified atom stereocenters. The maximum atomic E-state index is 12.7. The van der Waals surface area contributed by atoms with Crippen molar-refractivity contribution in [3.63, 3.8) is 0 Å². The minimum Gasteiger partial charge on any atom is -0.496 e. The van der Waals surface area contributed by atoms with E-state index in [1.165, 1.54) is 13.5 Å². The van der Waals surface area contributed by atoms with Gasteiger partial charge in [0.05, 0.1) is 18.4 Å². The molecule has 1 fully saturated rings. The lowest BCUT2D eigenvalue weighted by molar-refractivity contribution is -0.120. The van der Waals surface area contributed by atoms with Gasteiger partial charge in [0.15, 0.2) is 0 Å². The molecule has 168 valence electrons. The Morgan fingerprint density at radius 3 is 2.56 bits per heavy atom. The van der Waals surface area contributed by atoms with Crippen LogP contribution in [-0.2, 0) is 20.4 Å². The highest BCUT2D eigenvalue weighted by molar-refractivity contribution is 7.90. The standard InChI is InChI=1S/C23H25N3O5S/c1-30-20-14-18(24-21(27)17-10-6-3-7-11-17)12-13-19(20)22-25-26-23(31-22)32(28,29)15-16-8-4-2-5-9-16/h2,4-5,8-9,12-14,17H,3,6-7,10-11,15H2,1H3,(H,24,27). The van der Waals surface area contributed by atoms with Crippen LogP contribution in [0.25, 0.3) is 11.5 Å². The van der Waals surface area contributed by atoms with Crippen LogP contribution in [0, 0.1) is 5.92 Å². The lowest BCUT2D eigenvalue weighted by Gasteiger charge is -2.21. The number of nitrogens with zero attached hydrogens (tertiary/aromatic N) is 2. The smallest absolute Gasteiger partial charge is 0.336 e. The summed E-state index contributed by atoms with van der Waals surface area (Å²) in [7, 11) is -2.31. The fourth-order valence-electron chi connectivity index (χ4n) is 3.85. The van der Waals surface area contributed by atoms with Crippen molar-refractivity contribution in [3.05, 3.63) is 54.1 Å². The molecule has 1 aliphatic rings. The van der Waals surface area contributed by atoms with Crippen LogP contribution in [0.5, 0.6) is 5.75 Å². The van der Waals surface area contributed by atoms with Crippen LogP contribution in [0.4, 0.5) is 5.69 Å². The number of nitrogens with one attached hydrogen (secondary N) is 1. The maximum Gasteiger partial charge on any atom is 0.336 e. The van der Waals surface area contributed by atoms with E-state index in [0.717, 1.165) is 25.7 Å². The first-order chi connectivity index (χ1) is 15.5. The number of carbonyl (C=O) groups is 1. The van der Waals surface area contributed by atoms with E-state index in [1.54, 1.807) is 42.5 Å². The number of hydrogen-bond donors (Lipinski definition) is 1. The molecule has 0 atom stereocenters. The molecule has 1 N–H and O–H groups in total. The molecule has 1 saturated carbocycles.